The molecule has 0 saturated carbocycles. The van der Waals surface area contributed by atoms with Crippen molar-refractivity contribution >= 4 is 27.5 Å². The van der Waals surface area contributed by atoms with Gasteiger partial charge in [0.25, 0.3) is 5.91 Å². The summed E-state index contributed by atoms with van der Waals surface area (Å²) in [7, 11) is -3.71. The van der Waals surface area contributed by atoms with Crippen molar-refractivity contribution in [1.82, 2.24) is 9.62 Å². The van der Waals surface area contributed by atoms with Gasteiger partial charge in [-0.05, 0) is 57.2 Å². The third-order valence-corrected chi connectivity index (χ3v) is 7.11. The predicted octanol–water partition coefficient (Wildman–Crippen LogP) is 3.68. The highest BCUT2D eigenvalue weighted by Gasteiger charge is 2.31. The number of carbonyl (C=O) groups excluding carboxylic acids is 1. The number of hydrogen-bond donors (Lipinski definition) is 1. The fraction of sp³-hybridized carbons (Fsp3) is 0.611. The van der Waals surface area contributed by atoms with Crippen LogP contribution in [0.3, 0.4) is 0 Å². The number of rotatable bonds is 5. The van der Waals surface area contributed by atoms with Crippen molar-refractivity contribution in [3.63, 3.8) is 0 Å². The zero-order valence-electron chi connectivity index (χ0n) is 15.3. The Balaban J connectivity index is 2.34. The molecule has 5 nitrogen and oxygen atoms in total. The van der Waals surface area contributed by atoms with Crippen LogP contribution < -0.4 is 5.32 Å². The predicted molar refractivity (Wildman–Crippen MR) is 100 cm³/mol. The number of amides is 1. The van der Waals surface area contributed by atoms with Gasteiger partial charge in [-0.15, -0.1) is 0 Å². The average Bonchev–Trinajstić information content (AvgIpc) is 2.54. The lowest BCUT2D eigenvalue weighted by molar-refractivity contribution is 0.0911. The highest BCUT2D eigenvalue weighted by atomic mass is 35.5. The number of carbonyl (C=O) groups is 1. The summed E-state index contributed by atoms with van der Waals surface area (Å²) in [4.78, 5) is 12.5. The molecule has 1 aromatic carbocycles. The lowest BCUT2D eigenvalue weighted by atomic mass is 10.0. The van der Waals surface area contributed by atoms with Crippen molar-refractivity contribution in [2.75, 3.05) is 13.1 Å². The van der Waals surface area contributed by atoms with Crippen LogP contribution in [-0.2, 0) is 10.0 Å². The third-order valence-electron chi connectivity index (χ3n) is 4.77. The molecule has 1 aliphatic rings. The molecular formula is C18H27ClN2O3S. The van der Waals surface area contributed by atoms with Crippen molar-refractivity contribution < 1.29 is 13.2 Å². The van der Waals surface area contributed by atoms with E-state index in [1.807, 2.05) is 27.7 Å². The van der Waals surface area contributed by atoms with E-state index in [0.29, 0.717) is 24.6 Å². The first-order valence-electron chi connectivity index (χ1n) is 8.69. The van der Waals surface area contributed by atoms with Gasteiger partial charge >= 0.3 is 0 Å². The maximum absolute atomic E-state index is 13.0. The van der Waals surface area contributed by atoms with E-state index in [0.717, 1.165) is 19.3 Å². The molecule has 7 heteroatoms. The maximum Gasteiger partial charge on any atom is 0.251 e. The molecule has 1 aromatic rings. The van der Waals surface area contributed by atoms with Crippen LogP contribution in [0, 0.1) is 5.92 Å². The van der Waals surface area contributed by atoms with Crippen LogP contribution in [0.15, 0.2) is 23.1 Å². The number of nitrogens with zero attached hydrogens (tertiary/aromatic N) is 1. The zero-order valence-corrected chi connectivity index (χ0v) is 16.9. The van der Waals surface area contributed by atoms with E-state index >= 15 is 0 Å². The molecule has 0 aromatic heterocycles. The molecule has 1 amide bonds. The lowest BCUT2D eigenvalue weighted by Gasteiger charge is -2.30. The second-order valence-electron chi connectivity index (χ2n) is 7.45. The van der Waals surface area contributed by atoms with E-state index in [1.54, 1.807) is 6.07 Å². The van der Waals surface area contributed by atoms with E-state index in [4.69, 9.17) is 11.6 Å². The van der Waals surface area contributed by atoms with E-state index in [2.05, 4.69) is 5.32 Å². The summed E-state index contributed by atoms with van der Waals surface area (Å²) in [5.41, 5.74) is -0.0625. The number of sulfonamides is 1. The van der Waals surface area contributed by atoms with Gasteiger partial charge in [-0.1, -0.05) is 25.4 Å². The summed E-state index contributed by atoms with van der Waals surface area (Å²) in [6.45, 7) is 8.84. The largest absolute Gasteiger partial charge is 0.347 e. The van der Waals surface area contributed by atoms with E-state index in [-0.39, 0.29) is 21.4 Å². The average molecular weight is 387 g/mol. The molecule has 1 aliphatic heterocycles. The van der Waals surface area contributed by atoms with Crippen LogP contribution in [0.4, 0.5) is 0 Å². The van der Waals surface area contributed by atoms with Gasteiger partial charge in [-0.2, -0.15) is 4.31 Å². The highest BCUT2D eigenvalue weighted by Crippen LogP contribution is 2.29. The molecule has 1 unspecified atom stereocenters. The second kappa shape index (κ2) is 7.64. The van der Waals surface area contributed by atoms with Gasteiger partial charge in [-0.3, -0.25) is 4.79 Å². The van der Waals surface area contributed by atoms with Gasteiger partial charge in [0.1, 0.15) is 4.90 Å². The Morgan fingerprint density at radius 2 is 2.08 bits per heavy atom. The SMILES string of the molecule is CCC(C)(C)NC(=O)c1ccc(Cl)c(S(=O)(=O)N2CCCC(C)C2)c1. The minimum Gasteiger partial charge on any atom is -0.347 e. The Bertz CT molecular complexity index is 747. The molecule has 1 atom stereocenters. The van der Waals surface area contributed by atoms with Crippen molar-refractivity contribution in [2.45, 2.75) is 57.4 Å². The van der Waals surface area contributed by atoms with Crippen LogP contribution in [0.25, 0.3) is 0 Å². The summed E-state index contributed by atoms with van der Waals surface area (Å²) in [5.74, 6) is 0.0196. The summed E-state index contributed by atoms with van der Waals surface area (Å²) in [6.07, 6.45) is 2.63. The summed E-state index contributed by atoms with van der Waals surface area (Å²) in [6, 6.07) is 4.43. The number of hydrogen-bond acceptors (Lipinski definition) is 3. The van der Waals surface area contributed by atoms with Crippen LogP contribution >= 0.6 is 11.6 Å². The van der Waals surface area contributed by atoms with Gasteiger partial charge in [0.15, 0.2) is 0 Å². The fourth-order valence-electron chi connectivity index (χ4n) is 2.81. The second-order valence-corrected chi connectivity index (χ2v) is 9.76. The maximum atomic E-state index is 13.0. The first kappa shape index (κ1) is 20.2. The first-order valence-corrected chi connectivity index (χ1v) is 10.5. The van der Waals surface area contributed by atoms with Crippen molar-refractivity contribution in [3.05, 3.63) is 28.8 Å². The van der Waals surface area contributed by atoms with Crippen molar-refractivity contribution in [3.8, 4) is 0 Å². The highest BCUT2D eigenvalue weighted by molar-refractivity contribution is 7.89. The van der Waals surface area contributed by atoms with Crippen LogP contribution in [0.5, 0.6) is 0 Å². The zero-order chi connectivity index (χ0) is 18.8. The molecule has 25 heavy (non-hydrogen) atoms. The molecule has 1 heterocycles. The molecule has 0 aliphatic carbocycles. The van der Waals surface area contributed by atoms with Gasteiger partial charge < -0.3 is 5.32 Å². The standard InChI is InChI=1S/C18H27ClN2O3S/c1-5-18(3,4)20-17(22)14-8-9-15(19)16(11-14)25(23,24)21-10-6-7-13(2)12-21/h8-9,11,13H,5-7,10,12H2,1-4H3,(H,20,22). The van der Waals surface area contributed by atoms with Crippen molar-refractivity contribution in [2.24, 2.45) is 5.92 Å². The van der Waals surface area contributed by atoms with E-state index < -0.39 is 10.0 Å². The molecule has 140 valence electrons. The van der Waals surface area contributed by atoms with Gasteiger partial charge in [-0.25, -0.2) is 8.42 Å². The van der Waals surface area contributed by atoms with Crippen molar-refractivity contribution in [1.29, 1.82) is 0 Å². The van der Waals surface area contributed by atoms with E-state index in [1.165, 1.54) is 16.4 Å². The molecule has 1 N–H and O–H groups in total. The lowest BCUT2D eigenvalue weighted by Crippen LogP contribution is -2.43. The molecule has 0 radical (unpaired) electrons. The molecule has 0 spiro atoms. The minimum absolute atomic E-state index is 0.00483. The quantitative estimate of drug-likeness (QED) is 0.839. The molecule has 0 bridgehead atoms. The fourth-order valence-corrected chi connectivity index (χ4v) is 4.91. The van der Waals surface area contributed by atoms with Crippen LogP contribution in [-0.4, -0.2) is 37.3 Å². The number of benzene rings is 1. The Hall–Kier alpha value is -1.11. The minimum atomic E-state index is -3.71. The molecule has 2 rings (SSSR count). The number of piperidine rings is 1. The Kier molecular flexibility index (Phi) is 6.17. The smallest absolute Gasteiger partial charge is 0.251 e. The summed E-state index contributed by atoms with van der Waals surface area (Å²) < 4.78 is 27.4. The molecular weight excluding hydrogens is 360 g/mol. The van der Waals surface area contributed by atoms with Gasteiger partial charge in [0.2, 0.25) is 10.0 Å². The molecule has 1 fully saturated rings. The normalized spacial score (nSPS) is 19.6. The topological polar surface area (TPSA) is 66.5 Å². The van der Waals surface area contributed by atoms with Gasteiger partial charge in [0.05, 0.1) is 5.02 Å². The van der Waals surface area contributed by atoms with Gasteiger partial charge in [0, 0.05) is 24.2 Å². The third kappa shape index (κ3) is 4.74. The Morgan fingerprint density at radius 3 is 2.68 bits per heavy atom. The monoisotopic (exact) mass is 386 g/mol. The Morgan fingerprint density at radius 1 is 1.40 bits per heavy atom. The Labute approximate surface area is 155 Å². The summed E-state index contributed by atoms with van der Waals surface area (Å²) >= 11 is 6.16. The first-order chi connectivity index (χ1) is 11.6. The number of halogens is 1. The summed E-state index contributed by atoms with van der Waals surface area (Å²) in [5, 5.41) is 3.06. The number of nitrogens with one attached hydrogen (secondary N) is 1. The molecule has 1 saturated heterocycles. The van der Waals surface area contributed by atoms with Crippen LogP contribution in [0.1, 0.15) is 57.3 Å². The van der Waals surface area contributed by atoms with E-state index in [9.17, 15) is 13.2 Å². The van der Waals surface area contributed by atoms with Crippen LogP contribution in [0.2, 0.25) is 5.02 Å².